The van der Waals surface area contributed by atoms with E-state index in [1.54, 1.807) is 30.3 Å². The molecule has 3 rings (SSSR count). The molecule has 0 unspecified atom stereocenters. The zero-order valence-corrected chi connectivity index (χ0v) is 18.2. The third kappa shape index (κ3) is 6.83. The number of rotatable bonds is 11. The summed E-state index contributed by atoms with van der Waals surface area (Å²) in [7, 11) is 0. The van der Waals surface area contributed by atoms with Gasteiger partial charge in [-0.3, -0.25) is 9.63 Å². The second-order valence-corrected chi connectivity index (χ2v) is 7.47. The molecule has 0 saturated heterocycles. The van der Waals surface area contributed by atoms with E-state index in [0.29, 0.717) is 10.6 Å². The molecule has 0 heterocycles. The smallest absolute Gasteiger partial charge is 0.341 e. The summed E-state index contributed by atoms with van der Waals surface area (Å²) in [5.74, 6) is -1.35. The van der Waals surface area contributed by atoms with Gasteiger partial charge in [-0.15, -0.1) is 0 Å². The van der Waals surface area contributed by atoms with E-state index in [4.69, 9.17) is 26.3 Å². The molecule has 6 nitrogen and oxygen atoms in total. The molecule has 1 N–H and O–H groups in total. The van der Waals surface area contributed by atoms with Gasteiger partial charge in [-0.1, -0.05) is 60.1 Å². The lowest BCUT2D eigenvalue weighted by atomic mass is 10.1. The second-order valence-electron chi connectivity index (χ2n) is 7.04. The highest BCUT2D eigenvalue weighted by molar-refractivity contribution is 6.31. The molecule has 0 radical (unpaired) electrons. The van der Waals surface area contributed by atoms with Gasteiger partial charge in [0.2, 0.25) is 0 Å². The average Bonchev–Trinajstić information content (AvgIpc) is 2.81. The minimum atomic E-state index is -1.13. The molecule has 0 fully saturated rings. The van der Waals surface area contributed by atoms with Crippen molar-refractivity contribution in [3.8, 4) is 5.75 Å². The average molecular weight is 454 g/mol. The van der Waals surface area contributed by atoms with Crippen LogP contribution in [0.2, 0.25) is 5.02 Å². The molecule has 0 aromatic heterocycles. The highest BCUT2D eigenvalue weighted by atomic mass is 35.5. The minimum absolute atomic E-state index is 0.186. The van der Waals surface area contributed by atoms with E-state index in [9.17, 15) is 9.59 Å². The number of hydrogen-bond donors (Lipinski definition) is 1. The third-order valence-corrected chi connectivity index (χ3v) is 4.85. The van der Waals surface area contributed by atoms with Crippen molar-refractivity contribution in [2.75, 3.05) is 18.3 Å². The van der Waals surface area contributed by atoms with Gasteiger partial charge in [-0.25, -0.2) is 4.79 Å². The monoisotopic (exact) mass is 453 g/mol. The lowest BCUT2D eigenvalue weighted by molar-refractivity contribution is -0.139. The molecule has 1 amide bonds. The quantitative estimate of drug-likeness (QED) is 0.310. The van der Waals surface area contributed by atoms with Gasteiger partial charge in [0.15, 0.2) is 6.61 Å². The standard InChI is InChI=1S/C25H24ClNO5/c26-21-14-15-23(31-18-24(28)29)22(17-21)27(25(30)20-12-5-2-6-13-20)32-16-8-7-11-19-9-3-1-4-10-19/h1-6,9-10,12-15,17H,7-8,11,16,18H2,(H,28,29). The lowest BCUT2D eigenvalue weighted by Crippen LogP contribution is -2.32. The number of nitrogens with zero attached hydrogens (tertiary/aromatic N) is 1. The Morgan fingerprint density at radius 2 is 1.59 bits per heavy atom. The number of halogens is 1. The number of carboxylic acids is 1. The van der Waals surface area contributed by atoms with Gasteiger partial charge in [0.1, 0.15) is 11.4 Å². The molecule has 3 aromatic rings. The predicted octanol–water partition coefficient (Wildman–Crippen LogP) is 5.40. The Morgan fingerprint density at radius 1 is 0.906 bits per heavy atom. The second kappa shape index (κ2) is 11.9. The van der Waals surface area contributed by atoms with Crippen LogP contribution in [0.15, 0.2) is 78.9 Å². The number of carboxylic acid groups (broad SMARTS) is 1. The van der Waals surface area contributed by atoms with Gasteiger partial charge in [-0.05, 0) is 55.2 Å². The first kappa shape index (κ1) is 23.3. The SMILES string of the molecule is O=C(O)COc1ccc(Cl)cc1N(OCCCCc1ccccc1)C(=O)c1ccccc1. The van der Waals surface area contributed by atoms with E-state index >= 15 is 0 Å². The number of aryl methyl sites for hydroxylation is 1. The fourth-order valence-corrected chi connectivity index (χ4v) is 3.24. The van der Waals surface area contributed by atoms with E-state index in [0.717, 1.165) is 24.3 Å². The first-order valence-corrected chi connectivity index (χ1v) is 10.6. The molecule has 0 spiro atoms. The van der Waals surface area contributed by atoms with E-state index < -0.39 is 18.5 Å². The number of hydrogen-bond acceptors (Lipinski definition) is 4. The van der Waals surface area contributed by atoms with E-state index in [1.807, 2.05) is 24.3 Å². The number of aliphatic carboxylic acids is 1. The van der Waals surface area contributed by atoms with Crippen LogP contribution in [0, 0.1) is 0 Å². The summed E-state index contributed by atoms with van der Waals surface area (Å²) >= 11 is 6.16. The normalized spacial score (nSPS) is 10.5. The molecular formula is C25H24ClNO5. The molecule has 3 aromatic carbocycles. The fourth-order valence-electron chi connectivity index (χ4n) is 3.08. The molecule has 0 atom stereocenters. The van der Waals surface area contributed by atoms with Gasteiger partial charge in [-0.2, -0.15) is 5.06 Å². The first-order chi connectivity index (χ1) is 15.5. The predicted molar refractivity (Wildman–Crippen MR) is 123 cm³/mol. The summed E-state index contributed by atoms with van der Waals surface area (Å²) in [5, 5.41) is 10.5. The number of unbranched alkanes of at least 4 members (excludes halogenated alkanes) is 1. The zero-order valence-electron chi connectivity index (χ0n) is 17.4. The Labute approximate surface area is 191 Å². The van der Waals surface area contributed by atoms with Crippen LogP contribution in [0.3, 0.4) is 0 Å². The molecule has 0 aliphatic rings. The molecule has 0 saturated carbocycles. The largest absolute Gasteiger partial charge is 0.480 e. The number of hydroxylamine groups is 1. The highest BCUT2D eigenvalue weighted by Crippen LogP contribution is 2.33. The molecular weight excluding hydrogens is 430 g/mol. The van der Waals surface area contributed by atoms with Gasteiger partial charge in [0.05, 0.1) is 6.61 Å². The van der Waals surface area contributed by atoms with E-state index in [1.165, 1.54) is 17.7 Å². The molecule has 0 bridgehead atoms. The fraction of sp³-hybridized carbons (Fsp3) is 0.200. The Morgan fingerprint density at radius 3 is 2.28 bits per heavy atom. The maximum absolute atomic E-state index is 13.2. The number of anilines is 1. The number of amides is 1. The van der Waals surface area contributed by atoms with Crippen LogP contribution in [-0.2, 0) is 16.1 Å². The van der Waals surface area contributed by atoms with Crippen molar-refractivity contribution in [3.63, 3.8) is 0 Å². The van der Waals surface area contributed by atoms with Gasteiger partial charge in [0.25, 0.3) is 5.91 Å². The van der Waals surface area contributed by atoms with Gasteiger partial charge < -0.3 is 9.84 Å². The van der Waals surface area contributed by atoms with Gasteiger partial charge in [0, 0.05) is 10.6 Å². The summed E-state index contributed by atoms with van der Waals surface area (Å²) in [6.45, 7) is -0.268. The number of ether oxygens (including phenoxy) is 1. The maximum Gasteiger partial charge on any atom is 0.341 e. The molecule has 166 valence electrons. The van der Waals surface area contributed by atoms with Crippen molar-refractivity contribution in [1.29, 1.82) is 0 Å². The van der Waals surface area contributed by atoms with Crippen LogP contribution >= 0.6 is 11.6 Å². The van der Waals surface area contributed by atoms with Crippen molar-refractivity contribution in [2.24, 2.45) is 0 Å². The van der Waals surface area contributed by atoms with Crippen molar-refractivity contribution < 1.29 is 24.3 Å². The molecule has 7 heteroatoms. The van der Waals surface area contributed by atoms with Gasteiger partial charge >= 0.3 is 5.97 Å². The molecule has 0 aliphatic heterocycles. The van der Waals surface area contributed by atoms with Crippen LogP contribution in [-0.4, -0.2) is 30.2 Å². The van der Waals surface area contributed by atoms with Crippen molar-refractivity contribution in [3.05, 3.63) is 95.0 Å². The first-order valence-electron chi connectivity index (χ1n) is 10.2. The topological polar surface area (TPSA) is 76.1 Å². The summed E-state index contributed by atoms with van der Waals surface area (Å²) in [5.41, 5.74) is 1.90. The maximum atomic E-state index is 13.2. The summed E-state index contributed by atoms with van der Waals surface area (Å²) < 4.78 is 5.37. The number of carbonyl (C=O) groups is 2. The Kier molecular flexibility index (Phi) is 8.66. The molecule has 0 aliphatic carbocycles. The van der Waals surface area contributed by atoms with Crippen LogP contribution in [0.25, 0.3) is 0 Å². The van der Waals surface area contributed by atoms with Crippen LogP contribution in [0.1, 0.15) is 28.8 Å². The van der Waals surface area contributed by atoms with Crippen molar-refractivity contribution >= 4 is 29.2 Å². The Hall–Kier alpha value is -3.35. The Balaban J connectivity index is 1.76. The summed E-state index contributed by atoms with van der Waals surface area (Å²) in [4.78, 5) is 30.1. The molecule has 32 heavy (non-hydrogen) atoms. The number of benzene rings is 3. The van der Waals surface area contributed by atoms with Crippen LogP contribution < -0.4 is 9.80 Å². The van der Waals surface area contributed by atoms with E-state index in [-0.39, 0.29) is 18.0 Å². The lowest BCUT2D eigenvalue weighted by Gasteiger charge is -2.24. The number of carbonyl (C=O) groups excluding carboxylic acids is 1. The van der Waals surface area contributed by atoms with Crippen LogP contribution in [0.4, 0.5) is 5.69 Å². The third-order valence-electron chi connectivity index (χ3n) is 4.62. The van der Waals surface area contributed by atoms with Crippen molar-refractivity contribution in [1.82, 2.24) is 0 Å². The Bertz CT molecular complexity index is 1030. The summed E-state index contributed by atoms with van der Waals surface area (Å²) in [6.07, 6.45) is 2.51. The van der Waals surface area contributed by atoms with E-state index in [2.05, 4.69) is 12.1 Å². The van der Waals surface area contributed by atoms with Crippen LogP contribution in [0.5, 0.6) is 5.75 Å². The van der Waals surface area contributed by atoms with Crippen molar-refractivity contribution in [2.45, 2.75) is 19.3 Å². The highest BCUT2D eigenvalue weighted by Gasteiger charge is 2.23. The summed E-state index contributed by atoms with van der Waals surface area (Å²) in [6, 6.07) is 23.4. The minimum Gasteiger partial charge on any atom is -0.480 e. The zero-order chi connectivity index (χ0) is 22.8.